The molecule has 0 aliphatic rings. The highest BCUT2D eigenvalue weighted by atomic mass is 32.2. The summed E-state index contributed by atoms with van der Waals surface area (Å²) in [5, 5.41) is 11.7. The number of anilines is 1. The molecule has 164 valence electrons. The highest BCUT2D eigenvalue weighted by Crippen LogP contribution is 2.22. The molecule has 0 spiro atoms. The Balaban J connectivity index is 1.63. The van der Waals surface area contributed by atoms with Gasteiger partial charge in [-0.1, -0.05) is 59.8 Å². The van der Waals surface area contributed by atoms with Gasteiger partial charge in [0.25, 0.3) is 0 Å². The molecule has 0 radical (unpaired) electrons. The van der Waals surface area contributed by atoms with Crippen LogP contribution >= 0.6 is 11.8 Å². The monoisotopic (exact) mass is 459 g/mol. The largest absolute Gasteiger partial charge is 0.351 e. The van der Waals surface area contributed by atoms with Crippen molar-refractivity contribution in [2.75, 3.05) is 16.3 Å². The van der Waals surface area contributed by atoms with Crippen molar-refractivity contribution >= 4 is 33.4 Å². The van der Waals surface area contributed by atoms with E-state index in [2.05, 4.69) is 15.5 Å². The van der Waals surface area contributed by atoms with Gasteiger partial charge in [0.1, 0.15) is 0 Å². The molecule has 0 saturated carbocycles. The highest BCUT2D eigenvalue weighted by Gasteiger charge is 2.21. The second-order valence-electron chi connectivity index (χ2n) is 7.11. The quantitative estimate of drug-likeness (QED) is 0.494. The topological polar surface area (TPSA) is 97.2 Å². The normalized spacial score (nSPS) is 11.3. The Morgan fingerprint density at radius 1 is 1.10 bits per heavy atom. The maximum absolute atomic E-state index is 12.4. The minimum absolute atomic E-state index is 0.0478. The number of aromatic nitrogens is 3. The fourth-order valence-electron chi connectivity index (χ4n) is 2.83. The van der Waals surface area contributed by atoms with Crippen LogP contribution in [0.2, 0.25) is 0 Å². The number of thioether (sulfide) groups is 1. The van der Waals surface area contributed by atoms with Gasteiger partial charge < -0.3 is 9.88 Å². The number of rotatable bonds is 9. The Hall–Kier alpha value is -2.85. The van der Waals surface area contributed by atoms with Gasteiger partial charge in [-0.3, -0.25) is 9.10 Å². The minimum Gasteiger partial charge on any atom is -0.351 e. The summed E-state index contributed by atoms with van der Waals surface area (Å²) in [5.41, 5.74) is 2.63. The fraction of sp³-hybridized carbons (Fsp3) is 0.286. The first kappa shape index (κ1) is 22.8. The first-order valence-corrected chi connectivity index (χ1v) is 12.4. The number of benzene rings is 2. The summed E-state index contributed by atoms with van der Waals surface area (Å²) in [6.07, 6.45) is 1.16. The molecule has 10 heteroatoms. The molecule has 3 aromatic rings. The third-order valence-corrected chi connectivity index (χ3v) is 6.76. The molecule has 0 bridgehead atoms. The van der Waals surface area contributed by atoms with Crippen LogP contribution in [0.5, 0.6) is 0 Å². The van der Waals surface area contributed by atoms with Crippen molar-refractivity contribution in [3.63, 3.8) is 0 Å². The number of nitrogens with zero attached hydrogens (tertiary/aromatic N) is 4. The van der Waals surface area contributed by atoms with E-state index in [1.54, 1.807) is 23.7 Å². The Morgan fingerprint density at radius 3 is 2.42 bits per heavy atom. The minimum atomic E-state index is -3.51. The van der Waals surface area contributed by atoms with Crippen LogP contribution in [-0.4, -0.2) is 41.1 Å². The number of carbonyl (C=O) groups is 1. The molecule has 0 aliphatic carbocycles. The Morgan fingerprint density at radius 2 is 1.77 bits per heavy atom. The molecule has 0 atom stereocenters. The van der Waals surface area contributed by atoms with Gasteiger partial charge in [0.2, 0.25) is 15.9 Å². The number of aryl methyl sites for hydroxylation is 1. The van der Waals surface area contributed by atoms with E-state index >= 15 is 0 Å². The van der Waals surface area contributed by atoms with E-state index < -0.39 is 10.0 Å². The molecular formula is C21H25N5O3S2. The van der Waals surface area contributed by atoms with Gasteiger partial charge in [0.15, 0.2) is 11.0 Å². The molecule has 1 N–H and O–H groups in total. The zero-order valence-corrected chi connectivity index (χ0v) is 19.3. The van der Waals surface area contributed by atoms with Gasteiger partial charge in [0.05, 0.1) is 24.2 Å². The molecule has 31 heavy (non-hydrogen) atoms. The van der Waals surface area contributed by atoms with E-state index in [4.69, 9.17) is 0 Å². The molecule has 3 rings (SSSR count). The Bertz CT molecular complexity index is 1130. The molecule has 0 aliphatic heterocycles. The van der Waals surface area contributed by atoms with Crippen LogP contribution in [0.25, 0.3) is 0 Å². The number of sulfonamides is 1. The van der Waals surface area contributed by atoms with E-state index in [0.717, 1.165) is 17.4 Å². The lowest BCUT2D eigenvalue weighted by Gasteiger charge is -2.22. The second kappa shape index (κ2) is 9.97. The van der Waals surface area contributed by atoms with Gasteiger partial charge in [-0.2, -0.15) is 0 Å². The summed E-state index contributed by atoms with van der Waals surface area (Å²) in [6, 6.07) is 16.9. The van der Waals surface area contributed by atoms with Gasteiger partial charge >= 0.3 is 0 Å². The van der Waals surface area contributed by atoms with Crippen molar-refractivity contribution in [3.05, 3.63) is 71.5 Å². The lowest BCUT2D eigenvalue weighted by molar-refractivity contribution is -0.118. The van der Waals surface area contributed by atoms with Crippen molar-refractivity contribution in [3.8, 4) is 0 Å². The van der Waals surface area contributed by atoms with Crippen molar-refractivity contribution in [1.29, 1.82) is 0 Å². The first-order valence-electron chi connectivity index (χ1n) is 9.60. The molecule has 1 amide bonds. The van der Waals surface area contributed by atoms with Gasteiger partial charge in [0, 0.05) is 13.6 Å². The van der Waals surface area contributed by atoms with Crippen molar-refractivity contribution < 1.29 is 13.2 Å². The zero-order chi connectivity index (χ0) is 22.4. The van der Waals surface area contributed by atoms with Crippen LogP contribution in [-0.2, 0) is 35.0 Å². The number of nitrogens with one attached hydrogen (secondary N) is 1. The van der Waals surface area contributed by atoms with E-state index in [0.29, 0.717) is 23.2 Å². The van der Waals surface area contributed by atoms with Crippen LogP contribution < -0.4 is 9.62 Å². The fourth-order valence-corrected chi connectivity index (χ4v) is 4.44. The second-order valence-corrected chi connectivity index (χ2v) is 9.96. The smallest absolute Gasteiger partial charge is 0.232 e. The predicted molar refractivity (Wildman–Crippen MR) is 122 cm³/mol. The molecule has 2 aromatic carbocycles. The Kier molecular flexibility index (Phi) is 7.34. The van der Waals surface area contributed by atoms with Crippen LogP contribution in [0.3, 0.4) is 0 Å². The summed E-state index contributed by atoms with van der Waals surface area (Å²) in [5.74, 6) is 0.557. The third kappa shape index (κ3) is 6.31. The van der Waals surface area contributed by atoms with Crippen molar-refractivity contribution in [2.45, 2.75) is 25.2 Å². The summed E-state index contributed by atoms with van der Waals surface area (Å²) in [7, 11) is -1.76. The highest BCUT2D eigenvalue weighted by molar-refractivity contribution is 7.99. The van der Waals surface area contributed by atoms with Crippen molar-refractivity contribution in [1.82, 2.24) is 20.1 Å². The van der Waals surface area contributed by atoms with Crippen LogP contribution in [0, 0.1) is 6.92 Å². The number of hydrogen-bond acceptors (Lipinski definition) is 6. The summed E-state index contributed by atoms with van der Waals surface area (Å²) in [4.78, 5) is 12.2. The van der Waals surface area contributed by atoms with Gasteiger partial charge in [-0.15, -0.1) is 10.2 Å². The van der Waals surface area contributed by atoms with Crippen LogP contribution in [0.4, 0.5) is 5.69 Å². The molecule has 0 saturated heterocycles. The summed E-state index contributed by atoms with van der Waals surface area (Å²) in [6.45, 7) is 2.45. The first-order chi connectivity index (χ1) is 14.7. The molecule has 0 unspecified atom stereocenters. The zero-order valence-electron chi connectivity index (χ0n) is 17.6. The van der Waals surface area contributed by atoms with E-state index in [1.165, 1.54) is 16.1 Å². The third-order valence-electron chi connectivity index (χ3n) is 4.60. The average Bonchev–Trinajstić information content (AvgIpc) is 3.09. The lowest BCUT2D eigenvalue weighted by atomic mass is 10.2. The van der Waals surface area contributed by atoms with Crippen LogP contribution in [0.15, 0.2) is 59.8 Å². The molecule has 1 aromatic heterocycles. The van der Waals surface area contributed by atoms with E-state index in [-0.39, 0.29) is 18.2 Å². The number of carbonyl (C=O) groups excluding carboxylic acids is 1. The Labute approximate surface area is 186 Å². The van der Waals surface area contributed by atoms with Crippen molar-refractivity contribution in [2.24, 2.45) is 7.05 Å². The molecular weight excluding hydrogens is 434 g/mol. The van der Waals surface area contributed by atoms with Gasteiger partial charge in [-0.25, -0.2) is 8.42 Å². The maximum atomic E-state index is 12.4. The van der Waals surface area contributed by atoms with E-state index in [1.807, 2.05) is 49.4 Å². The van der Waals surface area contributed by atoms with E-state index in [9.17, 15) is 13.2 Å². The standard InChI is InChI=1S/C21H25N5O3S2/c1-16-9-11-18(12-10-16)26(31(3,28)29)14-19-23-24-21(25(19)2)30-15-20(27)22-13-17-7-5-4-6-8-17/h4-12H,13-15H2,1-3H3,(H,22,27). The molecule has 0 fully saturated rings. The van der Waals surface area contributed by atoms with Gasteiger partial charge in [-0.05, 0) is 24.6 Å². The maximum Gasteiger partial charge on any atom is 0.232 e. The summed E-state index contributed by atoms with van der Waals surface area (Å²) < 4.78 is 27.7. The summed E-state index contributed by atoms with van der Waals surface area (Å²) >= 11 is 1.25. The molecule has 8 nitrogen and oxygen atoms in total. The SMILES string of the molecule is Cc1ccc(N(Cc2nnc(SCC(=O)NCc3ccccc3)n2C)S(C)(=O)=O)cc1. The average molecular weight is 460 g/mol. The van der Waals surface area contributed by atoms with Crippen LogP contribution in [0.1, 0.15) is 17.0 Å². The number of amides is 1. The lowest BCUT2D eigenvalue weighted by Crippen LogP contribution is -2.30. The molecule has 1 heterocycles. The number of hydrogen-bond donors (Lipinski definition) is 1. The predicted octanol–water partition coefficient (Wildman–Crippen LogP) is 2.50.